The van der Waals surface area contributed by atoms with E-state index >= 15 is 0 Å². The minimum atomic E-state index is -0.571. The van der Waals surface area contributed by atoms with Gasteiger partial charge in [-0.15, -0.1) is 0 Å². The fourth-order valence-corrected chi connectivity index (χ4v) is 0.998. The van der Waals surface area contributed by atoms with Crippen molar-refractivity contribution in [1.82, 2.24) is 10.2 Å². The molecule has 0 atom stereocenters. The largest absolute Gasteiger partial charge is 0.468 e. The zero-order valence-electron chi connectivity index (χ0n) is 8.23. The molecule has 1 aromatic rings. The van der Waals surface area contributed by atoms with E-state index in [0.29, 0.717) is 5.69 Å². The smallest absolute Gasteiger partial charge is 0.333 e. The molecule has 15 heavy (non-hydrogen) atoms. The minimum absolute atomic E-state index is 0.0305. The lowest BCUT2D eigenvalue weighted by Crippen LogP contribution is -2.15. The van der Waals surface area contributed by atoms with E-state index in [1.54, 1.807) is 0 Å². The van der Waals surface area contributed by atoms with Crippen molar-refractivity contribution in [3.63, 3.8) is 0 Å². The summed E-state index contributed by atoms with van der Waals surface area (Å²) in [5.41, 5.74) is 0.159. The zero-order valence-corrected chi connectivity index (χ0v) is 8.23. The molecule has 8 nitrogen and oxygen atoms in total. The number of carbonyl (C=O) groups excluding carboxylic acids is 1. The molecule has 8 heteroatoms. The van der Waals surface area contributed by atoms with Gasteiger partial charge in [-0.3, -0.25) is 20.0 Å². The van der Waals surface area contributed by atoms with Gasteiger partial charge in [0, 0.05) is 0 Å². The van der Waals surface area contributed by atoms with Crippen LogP contribution in [0, 0.1) is 17.0 Å². The van der Waals surface area contributed by atoms with Crippen LogP contribution < -0.4 is 5.32 Å². The van der Waals surface area contributed by atoms with Crippen molar-refractivity contribution >= 4 is 17.5 Å². The number of nitro groups is 1. The van der Waals surface area contributed by atoms with Gasteiger partial charge in [-0.1, -0.05) is 0 Å². The Bertz CT molecular complexity index is 386. The maximum atomic E-state index is 10.8. The second kappa shape index (κ2) is 4.40. The van der Waals surface area contributed by atoms with E-state index in [9.17, 15) is 14.9 Å². The number of anilines is 1. The lowest BCUT2D eigenvalue weighted by molar-refractivity contribution is -0.384. The maximum Gasteiger partial charge on any atom is 0.333 e. The average molecular weight is 214 g/mol. The normalized spacial score (nSPS) is 9.73. The molecule has 0 unspecified atom stereocenters. The summed E-state index contributed by atoms with van der Waals surface area (Å²) in [6, 6.07) is 0. The third-order valence-corrected chi connectivity index (χ3v) is 1.73. The summed E-state index contributed by atoms with van der Waals surface area (Å²) in [6.45, 7) is 1.36. The maximum absolute atomic E-state index is 10.8. The summed E-state index contributed by atoms with van der Waals surface area (Å²) in [5.74, 6) is -0.493. The molecule has 0 aliphatic carbocycles. The topological polar surface area (TPSA) is 110 Å². The zero-order chi connectivity index (χ0) is 11.4. The van der Waals surface area contributed by atoms with Crippen LogP contribution in [0.1, 0.15) is 5.69 Å². The highest BCUT2D eigenvalue weighted by Gasteiger charge is 2.21. The number of esters is 1. The predicted octanol–water partition coefficient (Wildman–Crippen LogP) is 0.211. The lowest BCUT2D eigenvalue weighted by Gasteiger charge is -2.00. The van der Waals surface area contributed by atoms with Gasteiger partial charge in [0.25, 0.3) is 0 Å². The molecule has 2 N–H and O–H groups in total. The number of nitrogens with zero attached hydrogens (tertiary/aromatic N) is 2. The highest BCUT2D eigenvalue weighted by molar-refractivity contribution is 5.75. The molecule has 0 saturated heterocycles. The summed E-state index contributed by atoms with van der Waals surface area (Å²) >= 11 is 0. The first-order chi connectivity index (χ1) is 7.06. The Kier molecular flexibility index (Phi) is 3.21. The van der Waals surface area contributed by atoms with E-state index in [-0.39, 0.29) is 18.1 Å². The van der Waals surface area contributed by atoms with Crippen LogP contribution in [0.4, 0.5) is 11.5 Å². The molecule has 0 saturated carbocycles. The third-order valence-electron chi connectivity index (χ3n) is 1.73. The Morgan fingerprint density at radius 2 is 2.40 bits per heavy atom. The average Bonchev–Trinajstić information content (AvgIpc) is 2.56. The standard InChI is InChI=1S/C7H10N4O4/c1-4-6(11(13)14)7(10-9-4)8-3-5(12)15-2/h3H2,1-2H3,(H2,8,9,10). The van der Waals surface area contributed by atoms with E-state index in [1.165, 1.54) is 14.0 Å². The first kappa shape index (κ1) is 11.0. The van der Waals surface area contributed by atoms with Crippen LogP contribution in [-0.4, -0.2) is 34.7 Å². The molecule has 1 rings (SSSR count). The van der Waals surface area contributed by atoms with Gasteiger partial charge in [0.1, 0.15) is 12.2 Å². The molecule has 0 radical (unpaired) electrons. The summed E-state index contributed by atoms with van der Waals surface area (Å²) in [4.78, 5) is 20.8. The van der Waals surface area contributed by atoms with Crippen LogP contribution in [0.2, 0.25) is 0 Å². The van der Waals surface area contributed by atoms with Crippen molar-refractivity contribution in [3.05, 3.63) is 15.8 Å². The lowest BCUT2D eigenvalue weighted by atomic mass is 10.4. The number of nitrogens with one attached hydrogen (secondary N) is 2. The number of aromatic nitrogens is 2. The molecule has 1 heterocycles. The second-order valence-corrected chi connectivity index (χ2v) is 2.73. The Balaban J connectivity index is 2.77. The molecule has 0 aromatic carbocycles. The van der Waals surface area contributed by atoms with Gasteiger partial charge >= 0.3 is 11.7 Å². The number of methoxy groups -OCH3 is 1. The molecular weight excluding hydrogens is 204 g/mol. The third kappa shape index (κ3) is 2.42. The Morgan fingerprint density at radius 3 is 2.93 bits per heavy atom. The van der Waals surface area contributed by atoms with Crippen molar-refractivity contribution in [2.75, 3.05) is 19.0 Å². The van der Waals surface area contributed by atoms with E-state index in [0.717, 1.165) is 0 Å². The fourth-order valence-electron chi connectivity index (χ4n) is 0.998. The van der Waals surface area contributed by atoms with Crippen molar-refractivity contribution in [2.45, 2.75) is 6.92 Å². The Morgan fingerprint density at radius 1 is 1.73 bits per heavy atom. The van der Waals surface area contributed by atoms with Gasteiger partial charge in [0.15, 0.2) is 0 Å². The van der Waals surface area contributed by atoms with Gasteiger partial charge in [-0.25, -0.2) is 0 Å². The van der Waals surface area contributed by atoms with Crippen LogP contribution in [0.3, 0.4) is 0 Å². The monoisotopic (exact) mass is 214 g/mol. The molecule has 1 aromatic heterocycles. The van der Waals surface area contributed by atoms with E-state index in [1.807, 2.05) is 0 Å². The second-order valence-electron chi connectivity index (χ2n) is 2.73. The summed E-state index contributed by atoms with van der Waals surface area (Å²) in [6.07, 6.45) is 0. The van der Waals surface area contributed by atoms with Gasteiger partial charge in [0.2, 0.25) is 5.82 Å². The SMILES string of the molecule is COC(=O)CNc1n[nH]c(C)c1[N+](=O)[O-]. The molecule has 82 valence electrons. The van der Waals surface area contributed by atoms with E-state index < -0.39 is 10.9 Å². The highest BCUT2D eigenvalue weighted by Crippen LogP contribution is 2.24. The first-order valence-corrected chi connectivity index (χ1v) is 4.06. The van der Waals surface area contributed by atoms with Crippen LogP contribution in [0.25, 0.3) is 0 Å². The van der Waals surface area contributed by atoms with Gasteiger partial charge in [-0.2, -0.15) is 5.10 Å². The molecule has 0 spiro atoms. The molecule has 0 fully saturated rings. The number of rotatable bonds is 4. The van der Waals surface area contributed by atoms with Crippen molar-refractivity contribution in [1.29, 1.82) is 0 Å². The number of aromatic amines is 1. The first-order valence-electron chi connectivity index (χ1n) is 4.06. The van der Waals surface area contributed by atoms with Crippen LogP contribution in [0.15, 0.2) is 0 Å². The van der Waals surface area contributed by atoms with Gasteiger partial charge < -0.3 is 10.1 Å². The van der Waals surface area contributed by atoms with Crippen LogP contribution in [-0.2, 0) is 9.53 Å². The predicted molar refractivity (Wildman–Crippen MR) is 50.5 cm³/mol. The van der Waals surface area contributed by atoms with Crippen LogP contribution in [0.5, 0.6) is 0 Å². The molecular formula is C7H10N4O4. The number of carbonyl (C=O) groups is 1. The minimum Gasteiger partial charge on any atom is -0.468 e. The van der Waals surface area contributed by atoms with Crippen molar-refractivity contribution in [3.8, 4) is 0 Å². The molecule has 0 aliphatic rings. The number of hydrogen-bond acceptors (Lipinski definition) is 6. The van der Waals surface area contributed by atoms with Gasteiger partial charge in [-0.05, 0) is 6.92 Å². The van der Waals surface area contributed by atoms with Crippen LogP contribution >= 0.6 is 0 Å². The van der Waals surface area contributed by atoms with E-state index in [4.69, 9.17) is 0 Å². The summed E-state index contributed by atoms with van der Waals surface area (Å²) in [7, 11) is 1.23. The molecule has 0 aliphatic heterocycles. The Labute approximate surface area is 84.8 Å². The fraction of sp³-hybridized carbons (Fsp3) is 0.429. The van der Waals surface area contributed by atoms with E-state index in [2.05, 4.69) is 20.3 Å². The highest BCUT2D eigenvalue weighted by atomic mass is 16.6. The summed E-state index contributed by atoms with van der Waals surface area (Å²) in [5, 5.41) is 19.2. The molecule has 0 amide bonds. The Hall–Kier alpha value is -2.12. The summed E-state index contributed by atoms with van der Waals surface area (Å²) < 4.78 is 4.37. The molecule has 0 bridgehead atoms. The number of H-pyrrole nitrogens is 1. The van der Waals surface area contributed by atoms with Gasteiger partial charge in [0.05, 0.1) is 12.0 Å². The van der Waals surface area contributed by atoms with Crippen molar-refractivity contribution in [2.24, 2.45) is 0 Å². The number of ether oxygens (including phenoxy) is 1. The number of aryl methyl sites for hydroxylation is 1. The number of hydrogen-bond donors (Lipinski definition) is 2. The quantitative estimate of drug-likeness (QED) is 0.421. The van der Waals surface area contributed by atoms with Crippen molar-refractivity contribution < 1.29 is 14.5 Å².